The molecule has 0 aliphatic rings. The predicted molar refractivity (Wildman–Crippen MR) is 115 cm³/mol. The fraction of sp³-hybridized carbons (Fsp3) is 0.0952. The lowest BCUT2D eigenvalue weighted by atomic mass is 10.1. The molecule has 0 aliphatic carbocycles. The number of nitrogens with one attached hydrogen (secondary N) is 1. The topological polar surface area (TPSA) is 81.4 Å². The summed E-state index contributed by atoms with van der Waals surface area (Å²) in [5, 5.41) is 3.33. The van der Waals surface area contributed by atoms with E-state index < -0.39 is 5.97 Å². The lowest BCUT2D eigenvalue weighted by Gasteiger charge is -2.06. The Labute approximate surface area is 178 Å². The zero-order valence-electron chi connectivity index (χ0n) is 15.5. The first-order chi connectivity index (χ1) is 14.0. The zero-order valence-corrected chi connectivity index (χ0v) is 17.9. The van der Waals surface area contributed by atoms with Crippen LogP contribution in [0.4, 0.5) is 5.88 Å². The van der Waals surface area contributed by atoms with Gasteiger partial charge in [0.1, 0.15) is 16.3 Å². The third-order valence-electron chi connectivity index (χ3n) is 4.33. The molecule has 1 N–H and O–H groups in total. The molecule has 1 amide bonds. The third-order valence-corrected chi connectivity index (χ3v) is 6.07. The number of fused-ring (bicyclic) bond motifs is 1. The highest BCUT2D eigenvalue weighted by molar-refractivity contribution is 9.10. The number of esters is 1. The van der Waals surface area contributed by atoms with E-state index in [2.05, 4.69) is 26.2 Å². The second-order valence-electron chi connectivity index (χ2n) is 6.15. The van der Waals surface area contributed by atoms with Crippen molar-refractivity contribution in [3.05, 3.63) is 69.9 Å². The largest absolute Gasteiger partial charge is 0.465 e. The van der Waals surface area contributed by atoms with Gasteiger partial charge in [-0.2, -0.15) is 0 Å². The fourth-order valence-corrected chi connectivity index (χ4v) is 4.46. The van der Waals surface area contributed by atoms with Gasteiger partial charge in [0, 0.05) is 4.47 Å². The quantitative estimate of drug-likeness (QED) is 0.388. The Kier molecular flexibility index (Phi) is 5.21. The molecule has 4 aromatic rings. The predicted octanol–water partition coefficient (Wildman–Crippen LogP) is 5.67. The summed E-state index contributed by atoms with van der Waals surface area (Å²) in [5.41, 5.74) is 1.90. The Morgan fingerprint density at radius 2 is 1.86 bits per heavy atom. The van der Waals surface area contributed by atoms with Gasteiger partial charge in [-0.05, 0) is 47.1 Å². The molecule has 2 aromatic heterocycles. The van der Waals surface area contributed by atoms with Gasteiger partial charge in [0.05, 0.1) is 28.5 Å². The van der Waals surface area contributed by atoms with Crippen LogP contribution in [0.25, 0.3) is 20.8 Å². The normalized spacial score (nSPS) is 10.9. The molecule has 29 heavy (non-hydrogen) atoms. The Bertz CT molecular complexity index is 1210. The molecule has 0 saturated carbocycles. The van der Waals surface area contributed by atoms with Gasteiger partial charge in [0.15, 0.2) is 0 Å². The van der Waals surface area contributed by atoms with Crippen molar-refractivity contribution in [2.75, 3.05) is 12.4 Å². The molecule has 0 bridgehead atoms. The SMILES string of the molecule is COC(=O)c1c(C)oc(NC(=O)c2ccccc2Br)c1-c1nc2ccccc2s1. The van der Waals surface area contributed by atoms with Crippen LogP contribution in [0.15, 0.2) is 57.4 Å². The van der Waals surface area contributed by atoms with Gasteiger partial charge in [0.25, 0.3) is 5.91 Å². The lowest BCUT2D eigenvalue weighted by Crippen LogP contribution is -2.13. The molecule has 6 nitrogen and oxygen atoms in total. The summed E-state index contributed by atoms with van der Waals surface area (Å²) in [7, 11) is 1.30. The highest BCUT2D eigenvalue weighted by Gasteiger charge is 2.29. The first-order valence-electron chi connectivity index (χ1n) is 8.63. The number of ether oxygens (including phenoxy) is 1. The number of methoxy groups -OCH3 is 1. The van der Waals surface area contributed by atoms with Crippen LogP contribution in [0.2, 0.25) is 0 Å². The number of carbonyl (C=O) groups excluding carboxylic acids is 2. The van der Waals surface area contributed by atoms with E-state index in [4.69, 9.17) is 9.15 Å². The number of furan rings is 1. The number of aryl methyl sites for hydroxylation is 1. The number of para-hydroxylation sites is 1. The average molecular weight is 471 g/mol. The number of hydrogen-bond acceptors (Lipinski definition) is 6. The van der Waals surface area contributed by atoms with E-state index in [9.17, 15) is 9.59 Å². The summed E-state index contributed by atoms with van der Waals surface area (Å²) in [5.74, 6) is -0.428. The van der Waals surface area contributed by atoms with Crippen molar-refractivity contribution in [2.45, 2.75) is 6.92 Å². The summed E-state index contributed by atoms with van der Waals surface area (Å²) in [6, 6.07) is 14.7. The number of benzene rings is 2. The highest BCUT2D eigenvalue weighted by Crippen LogP contribution is 2.40. The van der Waals surface area contributed by atoms with Crippen LogP contribution in [0.5, 0.6) is 0 Å². The van der Waals surface area contributed by atoms with Crippen LogP contribution < -0.4 is 5.32 Å². The maximum absolute atomic E-state index is 12.8. The van der Waals surface area contributed by atoms with E-state index in [0.717, 1.165) is 10.2 Å². The number of amides is 1. The van der Waals surface area contributed by atoms with E-state index in [1.54, 1.807) is 25.1 Å². The summed E-state index contributed by atoms with van der Waals surface area (Å²) in [6.45, 7) is 1.65. The van der Waals surface area contributed by atoms with Gasteiger partial charge in [0.2, 0.25) is 5.88 Å². The molecule has 0 aliphatic heterocycles. The molecule has 0 atom stereocenters. The van der Waals surface area contributed by atoms with Crippen LogP contribution in [0, 0.1) is 6.92 Å². The number of hydrogen-bond donors (Lipinski definition) is 1. The summed E-state index contributed by atoms with van der Waals surface area (Å²) in [4.78, 5) is 29.9. The second-order valence-corrected chi connectivity index (χ2v) is 8.03. The van der Waals surface area contributed by atoms with Crippen LogP contribution in [-0.2, 0) is 4.74 Å². The molecular formula is C21H15BrN2O4S. The number of halogens is 1. The minimum Gasteiger partial charge on any atom is -0.465 e. The van der Waals surface area contributed by atoms with Gasteiger partial charge in [-0.25, -0.2) is 9.78 Å². The van der Waals surface area contributed by atoms with Crippen molar-refractivity contribution in [2.24, 2.45) is 0 Å². The molecule has 0 fully saturated rings. The Balaban J connectivity index is 1.85. The lowest BCUT2D eigenvalue weighted by molar-refractivity contribution is 0.0599. The van der Waals surface area contributed by atoms with Gasteiger partial charge >= 0.3 is 5.97 Å². The van der Waals surface area contributed by atoms with Crippen LogP contribution in [-0.4, -0.2) is 24.0 Å². The monoisotopic (exact) mass is 470 g/mol. The van der Waals surface area contributed by atoms with Gasteiger partial charge < -0.3 is 9.15 Å². The Hall–Kier alpha value is -2.97. The molecule has 0 saturated heterocycles. The van der Waals surface area contributed by atoms with Crippen molar-refractivity contribution in [3.8, 4) is 10.6 Å². The standard InChI is InChI=1S/C21H15BrN2O4S/c1-11-16(21(26)27-2)17(20-23-14-9-5-6-10-15(14)29-20)19(28-11)24-18(25)12-7-3-4-8-13(12)22/h3-10H,1-2H3,(H,24,25). The van der Waals surface area contributed by atoms with Crippen molar-refractivity contribution in [1.29, 1.82) is 0 Å². The number of thiazole rings is 1. The van der Waals surface area contributed by atoms with E-state index in [-0.39, 0.29) is 17.4 Å². The number of aromatic nitrogens is 1. The Morgan fingerprint density at radius 3 is 2.59 bits per heavy atom. The first-order valence-corrected chi connectivity index (χ1v) is 10.2. The van der Waals surface area contributed by atoms with Gasteiger partial charge in [-0.3, -0.25) is 10.1 Å². The molecule has 146 valence electrons. The van der Waals surface area contributed by atoms with Crippen LogP contribution in [0.3, 0.4) is 0 Å². The van der Waals surface area contributed by atoms with E-state index in [1.807, 2.05) is 30.3 Å². The summed E-state index contributed by atoms with van der Waals surface area (Å²) < 4.78 is 12.3. The smallest absolute Gasteiger partial charge is 0.342 e. The number of rotatable bonds is 4. The minimum absolute atomic E-state index is 0.155. The van der Waals surface area contributed by atoms with Crippen molar-refractivity contribution >= 4 is 55.2 Å². The highest BCUT2D eigenvalue weighted by atomic mass is 79.9. The molecule has 0 radical (unpaired) electrons. The summed E-state index contributed by atoms with van der Waals surface area (Å²) in [6.07, 6.45) is 0. The molecule has 0 spiro atoms. The van der Waals surface area contributed by atoms with E-state index >= 15 is 0 Å². The molecule has 4 rings (SSSR count). The fourth-order valence-electron chi connectivity index (χ4n) is 2.98. The van der Waals surface area contributed by atoms with Crippen LogP contribution >= 0.6 is 27.3 Å². The third kappa shape index (κ3) is 3.56. The minimum atomic E-state index is -0.554. The van der Waals surface area contributed by atoms with Crippen molar-refractivity contribution in [1.82, 2.24) is 4.98 Å². The Morgan fingerprint density at radius 1 is 1.14 bits per heavy atom. The van der Waals surface area contributed by atoms with Gasteiger partial charge in [-0.15, -0.1) is 11.3 Å². The number of nitrogens with zero attached hydrogens (tertiary/aromatic N) is 1. The molecular weight excluding hydrogens is 456 g/mol. The second kappa shape index (κ2) is 7.81. The van der Waals surface area contributed by atoms with Crippen molar-refractivity contribution < 1.29 is 18.7 Å². The first kappa shape index (κ1) is 19.4. The average Bonchev–Trinajstić information content (AvgIpc) is 3.27. The molecule has 2 heterocycles. The van der Waals surface area contributed by atoms with E-state index in [1.165, 1.54) is 18.4 Å². The summed E-state index contributed by atoms with van der Waals surface area (Å²) >= 11 is 4.78. The van der Waals surface area contributed by atoms with Gasteiger partial charge in [-0.1, -0.05) is 24.3 Å². The maximum Gasteiger partial charge on any atom is 0.342 e. The van der Waals surface area contributed by atoms with Crippen LogP contribution in [0.1, 0.15) is 26.5 Å². The molecule has 2 aromatic carbocycles. The molecule has 8 heteroatoms. The number of anilines is 1. The zero-order chi connectivity index (χ0) is 20.5. The number of carbonyl (C=O) groups is 2. The molecule has 0 unspecified atom stereocenters. The maximum atomic E-state index is 12.8. The van der Waals surface area contributed by atoms with E-state index in [0.29, 0.717) is 26.4 Å². The van der Waals surface area contributed by atoms with Crippen molar-refractivity contribution in [3.63, 3.8) is 0 Å².